The van der Waals surface area contributed by atoms with Crippen LogP contribution in [0.3, 0.4) is 0 Å². The number of amides is 1. The van der Waals surface area contributed by atoms with Gasteiger partial charge in [0.05, 0.1) is 23.7 Å². The van der Waals surface area contributed by atoms with E-state index in [2.05, 4.69) is 0 Å². The summed E-state index contributed by atoms with van der Waals surface area (Å²) in [4.78, 5) is 26.1. The Kier molecular flexibility index (Phi) is 4.95. The monoisotopic (exact) mass is 512 g/mol. The van der Waals surface area contributed by atoms with Gasteiger partial charge in [-0.1, -0.05) is 6.07 Å². The molecule has 2 aromatic carbocycles. The lowest BCUT2D eigenvalue weighted by Crippen LogP contribution is -2.25. The van der Waals surface area contributed by atoms with Crippen molar-refractivity contribution in [3.63, 3.8) is 0 Å². The molecule has 12 heteroatoms. The van der Waals surface area contributed by atoms with Gasteiger partial charge in [0.15, 0.2) is 0 Å². The number of carbonyl (C=O) groups excluding carboxylic acids is 1. The first-order valence-electron chi connectivity index (χ1n) is 12.3. The zero-order valence-electron chi connectivity index (χ0n) is 19.5. The molecule has 188 valence electrons. The van der Waals surface area contributed by atoms with E-state index in [0.717, 1.165) is 44.6 Å². The fraction of sp³-hybridized carbons (Fsp3) is 0.458. The summed E-state index contributed by atoms with van der Waals surface area (Å²) < 4.78 is 35.2. The Morgan fingerprint density at radius 1 is 1.06 bits per heavy atom. The predicted molar refractivity (Wildman–Crippen MR) is 127 cm³/mol. The van der Waals surface area contributed by atoms with Crippen molar-refractivity contribution in [2.75, 3.05) is 32.8 Å². The Morgan fingerprint density at radius 2 is 1.81 bits per heavy atom. The number of hydrogen-bond donors (Lipinski definition) is 0. The summed E-state index contributed by atoms with van der Waals surface area (Å²) >= 11 is 0. The first kappa shape index (κ1) is 22.2. The van der Waals surface area contributed by atoms with Gasteiger partial charge in [0.2, 0.25) is 5.75 Å². The second-order valence-electron chi connectivity index (χ2n) is 9.83. The van der Waals surface area contributed by atoms with E-state index in [1.807, 2.05) is 20.3 Å². The average molecular weight is 512 g/mol. The predicted octanol–water partition coefficient (Wildman–Crippen LogP) is 4.08. The van der Waals surface area contributed by atoms with Crippen LogP contribution in [0, 0.1) is 10.1 Å². The van der Waals surface area contributed by atoms with Gasteiger partial charge in [-0.05, 0) is 36.6 Å². The summed E-state index contributed by atoms with van der Waals surface area (Å²) in [6.07, 6.45) is 1.98. The Labute approximate surface area is 207 Å². The molecule has 36 heavy (non-hydrogen) atoms. The van der Waals surface area contributed by atoms with Gasteiger partial charge in [-0.2, -0.15) is 0 Å². The first-order chi connectivity index (χ1) is 17.4. The first-order valence-corrected chi connectivity index (χ1v) is 13.8. The molecule has 1 atom stereocenters. The summed E-state index contributed by atoms with van der Waals surface area (Å²) in [5, 5.41) is 11.9. The van der Waals surface area contributed by atoms with Crippen molar-refractivity contribution < 1.29 is 28.3 Å². The lowest BCUT2D eigenvalue weighted by atomic mass is 10.0. The maximum atomic E-state index is 13.6. The molecule has 1 aliphatic carbocycles. The van der Waals surface area contributed by atoms with E-state index < -0.39 is 18.7 Å². The number of nitrogens with zero attached hydrogens (tertiary/aromatic N) is 4. The molecule has 4 heterocycles. The lowest BCUT2D eigenvalue weighted by Gasteiger charge is -2.30. The molecular formula is C24H25N4O7P. The van der Waals surface area contributed by atoms with Gasteiger partial charge in [-0.25, -0.2) is 9.34 Å². The molecule has 0 bridgehead atoms. The van der Waals surface area contributed by atoms with Crippen LogP contribution in [0.25, 0.3) is 0 Å². The number of hydrogen-bond acceptors (Lipinski definition) is 7. The minimum absolute atomic E-state index is 0.0237. The van der Waals surface area contributed by atoms with Crippen LogP contribution in [0.1, 0.15) is 46.9 Å². The van der Waals surface area contributed by atoms with E-state index in [4.69, 9.17) is 14.0 Å². The highest BCUT2D eigenvalue weighted by Crippen LogP contribution is 2.64. The summed E-state index contributed by atoms with van der Waals surface area (Å²) in [5.41, 5.74) is 1.83. The third-order valence-corrected chi connectivity index (χ3v) is 9.99. The molecule has 7 rings (SSSR count). The van der Waals surface area contributed by atoms with Crippen LogP contribution < -0.4 is 9.47 Å². The van der Waals surface area contributed by atoms with Gasteiger partial charge in [0.1, 0.15) is 11.5 Å². The lowest BCUT2D eigenvalue weighted by molar-refractivity contribution is -0.385. The van der Waals surface area contributed by atoms with Crippen LogP contribution in [0.4, 0.5) is 5.69 Å². The van der Waals surface area contributed by atoms with E-state index in [-0.39, 0.29) is 17.3 Å². The van der Waals surface area contributed by atoms with E-state index >= 15 is 0 Å². The normalized spacial score (nSPS) is 23.2. The van der Waals surface area contributed by atoms with Crippen molar-refractivity contribution >= 4 is 19.3 Å². The topological polar surface area (TPSA) is 114 Å². The minimum Gasteiger partial charge on any atom is -0.493 e. The molecule has 0 radical (unpaired) electrons. The quantitative estimate of drug-likeness (QED) is 0.223. The zero-order chi connectivity index (χ0) is 24.6. The molecule has 1 amide bonds. The van der Waals surface area contributed by atoms with E-state index in [0.29, 0.717) is 48.2 Å². The van der Waals surface area contributed by atoms with Crippen molar-refractivity contribution in [2.24, 2.45) is 0 Å². The van der Waals surface area contributed by atoms with Gasteiger partial charge < -0.3 is 14.4 Å². The molecule has 0 aromatic heterocycles. The second kappa shape index (κ2) is 8.01. The molecule has 0 spiro atoms. The zero-order valence-corrected chi connectivity index (χ0v) is 20.4. The van der Waals surface area contributed by atoms with Crippen LogP contribution in [0.2, 0.25) is 0 Å². The van der Waals surface area contributed by atoms with Gasteiger partial charge in [0, 0.05) is 56.3 Å². The Balaban J connectivity index is 1.21. The maximum absolute atomic E-state index is 13.6. The van der Waals surface area contributed by atoms with Crippen molar-refractivity contribution in [3.05, 3.63) is 57.1 Å². The van der Waals surface area contributed by atoms with Crippen LogP contribution >= 0.6 is 7.67 Å². The molecule has 0 N–H and O–H groups in total. The number of nitro groups is 1. The standard InChI is InChI=1S/C24H25N4O7P/c29-24-18-11-17(4-1-15(18)14-27(24)16-2-3-16)34-23-12-19-21(5-10-33-22(19)13-20(23)28(30)31)35-36(32,25-6-7-25)26-8-9-26/h1,4,11-13,16,21H,2-3,5-10,14H2/t21-/m1/s1. The van der Waals surface area contributed by atoms with Gasteiger partial charge >= 0.3 is 13.4 Å². The number of rotatable bonds is 8. The molecule has 4 aliphatic heterocycles. The number of benzene rings is 2. The van der Waals surface area contributed by atoms with Crippen LogP contribution in [-0.2, 0) is 15.6 Å². The molecular weight excluding hydrogens is 487 g/mol. The van der Waals surface area contributed by atoms with Crippen LogP contribution in [-0.4, -0.2) is 63.9 Å². The van der Waals surface area contributed by atoms with Gasteiger partial charge in [-0.3, -0.25) is 24.0 Å². The molecule has 1 saturated carbocycles. The third kappa shape index (κ3) is 3.78. The largest absolute Gasteiger partial charge is 0.493 e. The van der Waals surface area contributed by atoms with Gasteiger partial charge in [-0.15, -0.1) is 0 Å². The number of fused-ring (bicyclic) bond motifs is 2. The number of nitro benzene ring substituents is 1. The van der Waals surface area contributed by atoms with Crippen LogP contribution in [0.15, 0.2) is 30.3 Å². The Hall–Kier alpha value is -2.98. The summed E-state index contributed by atoms with van der Waals surface area (Å²) in [6, 6.07) is 8.43. The fourth-order valence-corrected chi connectivity index (χ4v) is 7.32. The third-order valence-electron chi connectivity index (χ3n) is 7.23. The minimum atomic E-state index is -3.11. The van der Waals surface area contributed by atoms with Crippen molar-refractivity contribution in [2.45, 2.75) is 38.0 Å². The smallest absolute Gasteiger partial charge is 0.346 e. The van der Waals surface area contributed by atoms with Gasteiger partial charge in [0.25, 0.3) is 5.91 Å². The van der Waals surface area contributed by atoms with E-state index in [1.54, 1.807) is 18.2 Å². The highest BCUT2D eigenvalue weighted by atomic mass is 31.2. The van der Waals surface area contributed by atoms with Crippen molar-refractivity contribution in [1.82, 2.24) is 14.2 Å². The Bertz CT molecular complexity index is 1320. The summed E-state index contributed by atoms with van der Waals surface area (Å²) in [6.45, 7) is 3.81. The molecule has 0 unspecified atom stereocenters. The van der Waals surface area contributed by atoms with Crippen molar-refractivity contribution in [1.29, 1.82) is 0 Å². The summed E-state index contributed by atoms with van der Waals surface area (Å²) in [5.74, 6) is 0.671. The SMILES string of the molecule is O=C1c2cc(Oc3cc4c(cc3[N+](=O)[O-])OCC[C@H]4OP(=O)(N3CC3)N3CC3)ccc2CN1C1CC1. The van der Waals surface area contributed by atoms with E-state index in [9.17, 15) is 19.5 Å². The molecule has 5 aliphatic rings. The number of ether oxygens (including phenoxy) is 2. The number of carbonyl (C=O) groups is 1. The second-order valence-corrected chi connectivity index (χ2v) is 12.2. The summed E-state index contributed by atoms with van der Waals surface area (Å²) in [7, 11) is -3.11. The Morgan fingerprint density at radius 3 is 2.47 bits per heavy atom. The average Bonchev–Trinajstić information content (AvgIpc) is 3.71. The highest BCUT2D eigenvalue weighted by Gasteiger charge is 2.51. The van der Waals surface area contributed by atoms with E-state index in [1.165, 1.54) is 6.07 Å². The molecule has 2 aromatic rings. The molecule has 2 saturated heterocycles. The molecule has 11 nitrogen and oxygen atoms in total. The van der Waals surface area contributed by atoms with Crippen molar-refractivity contribution in [3.8, 4) is 17.2 Å². The highest BCUT2D eigenvalue weighted by molar-refractivity contribution is 7.54. The fourth-order valence-electron chi connectivity index (χ4n) is 4.95. The maximum Gasteiger partial charge on any atom is 0.346 e. The molecule has 3 fully saturated rings. The van der Waals surface area contributed by atoms with Crippen LogP contribution in [0.5, 0.6) is 17.2 Å².